The zero-order valence-electron chi connectivity index (χ0n) is 14.3. The summed E-state index contributed by atoms with van der Waals surface area (Å²) in [4.78, 5) is 25.7. The molecular weight excluding hydrogens is 302 g/mol. The van der Waals surface area contributed by atoms with Crippen molar-refractivity contribution in [1.29, 1.82) is 0 Å². The SMILES string of the molecule is CCC(=O)Nc1cc(NC(=O)CN(C)c2ccccc2)ccc1C. The lowest BCUT2D eigenvalue weighted by molar-refractivity contribution is -0.116. The second-order valence-electron chi connectivity index (χ2n) is 5.67. The Labute approximate surface area is 142 Å². The standard InChI is InChI=1S/C19H23N3O2/c1-4-18(23)21-17-12-15(11-10-14(17)2)20-19(24)13-22(3)16-8-6-5-7-9-16/h5-12H,4,13H2,1-3H3,(H,20,24)(H,21,23). The molecule has 2 N–H and O–H groups in total. The molecule has 0 atom stereocenters. The van der Waals surface area contributed by atoms with Gasteiger partial charge in [-0.15, -0.1) is 0 Å². The van der Waals surface area contributed by atoms with Gasteiger partial charge in [0.05, 0.1) is 6.54 Å². The molecule has 2 amide bonds. The highest BCUT2D eigenvalue weighted by Gasteiger charge is 2.09. The molecule has 0 saturated heterocycles. The molecular formula is C19H23N3O2. The highest BCUT2D eigenvalue weighted by Crippen LogP contribution is 2.20. The number of amides is 2. The number of carbonyl (C=O) groups excluding carboxylic acids is 2. The lowest BCUT2D eigenvalue weighted by atomic mass is 10.1. The van der Waals surface area contributed by atoms with Crippen LogP contribution in [0, 0.1) is 6.92 Å². The molecule has 2 aromatic carbocycles. The number of benzene rings is 2. The third-order valence-corrected chi connectivity index (χ3v) is 3.69. The fraction of sp³-hybridized carbons (Fsp3) is 0.263. The van der Waals surface area contributed by atoms with Crippen molar-refractivity contribution in [3.63, 3.8) is 0 Å². The van der Waals surface area contributed by atoms with Crippen LogP contribution in [0.1, 0.15) is 18.9 Å². The quantitative estimate of drug-likeness (QED) is 0.855. The van der Waals surface area contributed by atoms with Gasteiger partial charge in [0.2, 0.25) is 11.8 Å². The van der Waals surface area contributed by atoms with Gasteiger partial charge in [0, 0.05) is 30.5 Å². The molecule has 0 unspecified atom stereocenters. The van der Waals surface area contributed by atoms with E-state index in [1.807, 2.05) is 61.3 Å². The summed E-state index contributed by atoms with van der Waals surface area (Å²) in [6.45, 7) is 3.96. The van der Waals surface area contributed by atoms with Crippen molar-refractivity contribution in [2.45, 2.75) is 20.3 Å². The Morgan fingerprint density at radius 3 is 2.38 bits per heavy atom. The van der Waals surface area contributed by atoms with Gasteiger partial charge < -0.3 is 15.5 Å². The number of nitrogens with one attached hydrogen (secondary N) is 2. The van der Waals surface area contributed by atoms with Gasteiger partial charge in [-0.05, 0) is 36.8 Å². The Hall–Kier alpha value is -2.82. The van der Waals surface area contributed by atoms with Crippen LogP contribution in [-0.4, -0.2) is 25.4 Å². The van der Waals surface area contributed by atoms with E-state index >= 15 is 0 Å². The van der Waals surface area contributed by atoms with Gasteiger partial charge in [-0.3, -0.25) is 9.59 Å². The zero-order valence-corrected chi connectivity index (χ0v) is 14.3. The monoisotopic (exact) mass is 325 g/mol. The summed E-state index contributed by atoms with van der Waals surface area (Å²) in [5.41, 5.74) is 3.32. The Morgan fingerprint density at radius 2 is 1.71 bits per heavy atom. The van der Waals surface area contributed by atoms with Crippen LogP contribution in [0.3, 0.4) is 0 Å². The minimum atomic E-state index is -0.113. The minimum absolute atomic E-state index is 0.0506. The van der Waals surface area contributed by atoms with Crippen molar-refractivity contribution in [1.82, 2.24) is 0 Å². The number of carbonyl (C=O) groups is 2. The fourth-order valence-corrected chi connectivity index (χ4v) is 2.26. The first kappa shape index (κ1) is 17.5. The van der Waals surface area contributed by atoms with E-state index in [9.17, 15) is 9.59 Å². The van der Waals surface area contributed by atoms with Crippen molar-refractivity contribution in [2.75, 3.05) is 29.1 Å². The maximum atomic E-state index is 12.2. The van der Waals surface area contributed by atoms with E-state index in [0.717, 1.165) is 16.9 Å². The Bertz CT molecular complexity index is 714. The van der Waals surface area contributed by atoms with Crippen LogP contribution in [0.4, 0.5) is 17.1 Å². The summed E-state index contributed by atoms with van der Waals surface area (Å²) in [6.07, 6.45) is 0.415. The van der Waals surface area contributed by atoms with E-state index < -0.39 is 0 Å². The van der Waals surface area contributed by atoms with Crippen molar-refractivity contribution in [2.24, 2.45) is 0 Å². The van der Waals surface area contributed by atoms with Crippen LogP contribution in [-0.2, 0) is 9.59 Å². The average Bonchev–Trinajstić information content (AvgIpc) is 2.58. The summed E-state index contributed by atoms with van der Waals surface area (Å²) >= 11 is 0. The molecule has 0 aliphatic carbocycles. The van der Waals surface area contributed by atoms with Crippen LogP contribution >= 0.6 is 0 Å². The number of rotatable bonds is 6. The summed E-state index contributed by atoms with van der Waals surface area (Å²) < 4.78 is 0. The van der Waals surface area contributed by atoms with Crippen molar-refractivity contribution in [3.8, 4) is 0 Å². The molecule has 2 rings (SSSR count). The molecule has 126 valence electrons. The van der Waals surface area contributed by atoms with Gasteiger partial charge in [-0.2, -0.15) is 0 Å². The number of aryl methyl sites for hydroxylation is 1. The first-order valence-electron chi connectivity index (χ1n) is 7.96. The molecule has 0 aliphatic rings. The van der Waals surface area contributed by atoms with E-state index in [2.05, 4.69) is 10.6 Å². The van der Waals surface area contributed by atoms with Crippen LogP contribution in [0.15, 0.2) is 48.5 Å². The number of hydrogen-bond acceptors (Lipinski definition) is 3. The lowest BCUT2D eigenvalue weighted by Crippen LogP contribution is -2.30. The fourth-order valence-electron chi connectivity index (χ4n) is 2.26. The summed E-state index contributed by atoms with van der Waals surface area (Å²) in [5.74, 6) is -0.164. The molecule has 5 nitrogen and oxygen atoms in total. The molecule has 0 spiro atoms. The van der Waals surface area contributed by atoms with Crippen LogP contribution in [0.5, 0.6) is 0 Å². The van der Waals surface area contributed by atoms with Gasteiger partial charge in [-0.1, -0.05) is 31.2 Å². The second-order valence-corrected chi connectivity index (χ2v) is 5.67. The predicted molar refractivity (Wildman–Crippen MR) is 98.4 cm³/mol. The molecule has 0 bridgehead atoms. The zero-order chi connectivity index (χ0) is 17.5. The van der Waals surface area contributed by atoms with Crippen molar-refractivity contribution in [3.05, 3.63) is 54.1 Å². The third-order valence-electron chi connectivity index (χ3n) is 3.69. The maximum Gasteiger partial charge on any atom is 0.243 e. The summed E-state index contributed by atoms with van der Waals surface area (Å²) in [6, 6.07) is 15.2. The third kappa shape index (κ3) is 4.84. The molecule has 0 aromatic heterocycles. The van der Waals surface area contributed by atoms with Gasteiger partial charge in [0.15, 0.2) is 0 Å². The molecule has 0 radical (unpaired) electrons. The summed E-state index contributed by atoms with van der Waals surface area (Å²) in [5, 5.41) is 5.71. The Balaban J connectivity index is 2.01. The number of nitrogens with zero attached hydrogens (tertiary/aromatic N) is 1. The largest absolute Gasteiger partial charge is 0.365 e. The van der Waals surface area contributed by atoms with Crippen LogP contribution < -0.4 is 15.5 Å². The highest BCUT2D eigenvalue weighted by atomic mass is 16.2. The number of anilines is 3. The van der Waals surface area contributed by atoms with E-state index in [0.29, 0.717) is 12.1 Å². The van der Waals surface area contributed by atoms with Crippen LogP contribution in [0.25, 0.3) is 0 Å². The summed E-state index contributed by atoms with van der Waals surface area (Å²) in [7, 11) is 1.87. The van der Waals surface area contributed by atoms with Crippen molar-refractivity contribution >= 4 is 28.9 Å². The average molecular weight is 325 g/mol. The number of hydrogen-bond donors (Lipinski definition) is 2. The normalized spacial score (nSPS) is 10.1. The van der Waals surface area contributed by atoms with Gasteiger partial charge >= 0.3 is 0 Å². The molecule has 24 heavy (non-hydrogen) atoms. The van der Waals surface area contributed by atoms with E-state index in [4.69, 9.17) is 0 Å². The molecule has 0 heterocycles. The number of likely N-dealkylation sites (N-methyl/N-ethyl adjacent to an activating group) is 1. The smallest absolute Gasteiger partial charge is 0.243 e. The molecule has 0 fully saturated rings. The van der Waals surface area contributed by atoms with Crippen molar-refractivity contribution < 1.29 is 9.59 Å². The van der Waals surface area contributed by atoms with Gasteiger partial charge in [0.25, 0.3) is 0 Å². The predicted octanol–water partition coefficient (Wildman–Crippen LogP) is 3.42. The first-order valence-corrected chi connectivity index (χ1v) is 7.96. The molecule has 5 heteroatoms. The topological polar surface area (TPSA) is 61.4 Å². The molecule has 2 aromatic rings. The second kappa shape index (κ2) is 8.15. The minimum Gasteiger partial charge on any atom is -0.365 e. The first-order chi connectivity index (χ1) is 11.5. The van der Waals surface area contributed by atoms with Crippen LogP contribution in [0.2, 0.25) is 0 Å². The van der Waals surface area contributed by atoms with E-state index in [1.54, 1.807) is 13.0 Å². The number of para-hydroxylation sites is 1. The Morgan fingerprint density at radius 1 is 1.00 bits per heavy atom. The molecule has 0 aliphatic heterocycles. The Kier molecular flexibility index (Phi) is 5.95. The van der Waals surface area contributed by atoms with E-state index in [-0.39, 0.29) is 18.4 Å². The maximum absolute atomic E-state index is 12.2. The van der Waals surface area contributed by atoms with Gasteiger partial charge in [-0.25, -0.2) is 0 Å². The lowest BCUT2D eigenvalue weighted by Gasteiger charge is -2.19. The van der Waals surface area contributed by atoms with Gasteiger partial charge in [0.1, 0.15) is 0 Å². The molecule has 0 saturated carbocycles. The highest BCUT2D eigenvalue weighted by molar-refractivity contribution is 5.96. The van der Waals surface area contributed by atoms with E-state index in [1.165, 1.54) is 0 Å².